The van der Waals surface area contributed by atoms with Crippen molar-refractivity contribution in [3.8, 4) is 11.3 Å². The Bertz CT molecular complexity index is 934. The van der Waals surface area contributed by atoms with E-state index in [9.17, 15) is 18.0 Å². The molecule has 1 aliphatic rings. The zero-order valence-corrected chi connectivity index (χ0v) is 15.1. The van der Waals surface area contributed by atoms with E-state index in [4.69, 9.17) is 21.4 Å². The van der Waals surface area contributed by atoms with E-state index in [0.29, 0.717) is 16.6 Å². The molecule has 0 bridgehead atoms. The number of thiocarbonyl (C=S) groups is 1. The minimum absolute atomic E-state index is 0.240. The molecule has 0 fully saturated rings. The van der Waals surface area contributed by atoms with Crippen LogP contribution in [0.25, 0.3) is 11.3 Å². The van der Waals surface area contributed by atoms with E-state index in [0.717, 1.165) is 12.1 Å². The van der Waals surface area contributed by atoms with E-state index in [1.165, 1.54) is 19.2 Å². The van der Waals surface area contributed by atoms with Gasteiger partial charge in [0, 0.05) is 11.3 Å². The number of benzene rings is 1. The molecule has 0 saturated heterocycles. The molecule has 2 N–H and O–H groups in total. The molecule has 2 aromatic rings. The number of hydrogen-bond acceptors (Lipinski definition) is 4. The number of carbonyl (C=O) groups excluding carboxylic acids is 1. The molecule has 0 unspecified atom stereocenters. The van der Waals surface area contributed by atoms with Gasteiger partial charge in [-0.1, -0.05) is 12.1 Å². The zero-order chi connectivity index (χ0) is 19.8. The Morgan fingerprint density at radius 1 is 1.26 bits per heavy atom. The first kappa shape index (κ1) is 19.0. The van der Waals surface area contributed by atoms with Crippen molar-refractivity contribution in [3.05, 3.63) is 59.0 Å². The molecule has 5 nitrogen and oxygen atoms in total. The second kappa shape index (κ2) is 7.07. The minimum Gasteiger partial charge on any atom is -0.466 e. The van der Waals surface area contributed by atoms with Crippen LogP contribution in [0, 0.1) is 0 Å². The number of halogens is 3. The normalized spacial score (nSPS) is 17.4. The van der Waals surface area contributed by atoms with Gasteiger partial charge in [-0.2, -0.15) is 13.2 Å². The molecule has 3 rings (SSSR count). The van der Waals surface area contributed by atoms with Gasteiger partial charge in [-0.3, -0.25) is 0 Å². The Balaban J connectivity index is 1.99. The Morgan fingerprint density at radius 2 is 2.00 bits per heavy atom. The monoisotopic (exact) mass is 396 g/mol. The lowest BCUT2D eigenvalue weighted by molar-refractivity contribution is -0.138. The van der Waals surface area contributed by atoms with Crippen LogP contribution >= 0.6 is 12.2 Å². The van der Waals surface area contributed by atoms with Crippen molar-refractivity contribution in [2.75, 3.05) is 7.11 Å². The topological polar surface area (TPSA) is 63.5 Å². The van der Waals surface area contributed by atoms with Gasteiger partial charge in [0.15, 0.2) is 5.11 Å². The second-order valence-electron chi connectivity index (χ2n) is 5.84. The third-order valence-electron chi connectivity index (χ3n) is 4.06. The van der Waals surface area contributed by atoms with Gasteiger partial charge < -0.3 is 19.8 Å². The van der Waals surface area contributed by atoms with Gasteiger partial charge in [0.2, 0.25) is 0 Å². The first-order chi connectivity index (χ1) is 12.7. The summed E-state index contributed by atoms with van der Waals surface area (Å²) in [4.78, 5) is 12.1. The maximum atomic E-state index is 12.9. The average molecular weight is 396 g/mol. The Labute approximate surface area is 158 Å². The number of furan rings is 1. The van der Waals surface area contributed by atoms with Crippen LogP contribution in [0.1, 0.15) is 24.3 Å². The summed E-state index contributed by atoms with van der Waals surface area (Å²) in [7, 11) is 1.25. The summed E-state index contributed by atoms with van der Waals surface area (Å²) in [5, 5.41) is 6.05. The van der Waals surface area contributed by atoms with Crippen LogP contribution in [0.5, 0.6) is 0 Å². The van der Waals surface area contributed by atoms with Crippen LogP contribution in [0.3, 0.4) is 0 Å². The highest BCUT2D eigenvalue weighted by Crippen LogP contribution is 2.35. The van der Waals surface area contributed by atoms with Crippen molar-refractivity contribution in [3.63, 3.8) is 0 Å². The van der Waals surface area contributed by atoms with Gasteiger partial charge in [-0.05, 0) is 43.4 Å². The molecular formula is C18H15F3N2O3S. The molecule has 2 heterocycles. The molecule has 0 spiro atoms. The molecule has 27 heavy (non-hydrogen) atoms. The SMILES string of the molecule is COC(=O)C1=C(C)NC(=S)N[C@H]1c1ccc(-c2cccc(C(F)(F)F)c2)o1. The molecule has 1 aliphatic heterocycles. The third-order valence-corrected chi connectivity index (χ3v) is 4.28. The van der Waals surface area contributed by atoms with Crippen LogP contribution in [0.4, 0.5) is 13.2 Å². The second-order valence-corrected chi connectivity index (χ2v) is 6.25. The molecule has 1 aromatic heterocycles. The maximum Gasteiger partial charge on any atom is 0.416 e. The molecular weight excluding hydrogens is 381 g/mol. The molecule has 142 valence electrons. The van der Waals surface area contributed by atoms with E-state index >= 15 is 0 Å². The van der Waals surface area contributed by atoms with E-state index < -0.39 is 23.8 Å². The van der Waals surface area contributed by atoms with Crippen LogP contribution in [-0.4, -0.2) is 18.2 Å². The molecule has 0 radical (unpaired) electrons. The van der Waals surface area contributed by atoms with Gasteiger partial charge >= 0.3 is 12.1 Å². The fourth-order valence-electron chi connectivity index (χ4n) is 2.80. The quantitative estimate of drug-likeness (QED) is 0.606. The van der Waals surface area contributed by atoms with E-state index in [-0.39, 0.29) is 16.9 Å². The Hall–Kier alpha value is -2.81. The molecule has 1 aromatic carbocycles. The largest absolute Gasteiger partial charge is 0.466 e. The van der Waals surface area contributed by atoms with Crippen LogP contribution in [-0.2, 0) is 15.7 Å². The zero-order valence-electron chi connectivity index (χ0n) is 14.3. The van der Waals surface area contributed by atoms with Crippen LogP contribution in [0.2, 0.25) is 0 Å². The number of carbonyl (C=O) groups is 1. The van der Waals surface area contributed by atoms with Gasteiger partial charge in [0.05, 0.1) is 18.2 Å². The predicted octanol–water partition coefficient (Wildman–Crippen LogP) is 3.93. The lowest BCUT2D eigenvalue weighted by Crippen LogP contribution is -2.44. The minimum atomic E-state index is -4.45. The summed E-state index contributed by atoms with van der Waals surface area (Å²) in [5.74, 6) is -0.00718. The average Bonchev–Trinajstić information content (AvgIpc) is 3.10. The summed E-state index contributed by atoms with van der Waals surface area (Å²) >= 11 is 5.12. The van der Waals surface area contributed by atoms with Crippen molar-refractivity contribution in [1.29, 1.82) is 0 Å². The summed E-state index contributed by atoms with van der Waals surface area (Å²) < 4.78 is 49.3. The van der Waals surface area contributed by atoms with Gasteiger partial charge in [0.25, 0.3) is 0 Å². The van der Waals surface area contributed by atoms with E-state index in [1.807, 2.05) is 0 Å². The van der Waals surface area contributed by atoms with E-state index in [1.54, 1.807) is 19.1 Å². The molecule has 0 saturated carbocycles. The number of allylic oxidation sites excluding steroid dienone is 1. The molecule has 0 aliphatic carbocycles. The highest BCUT2D eigenvalue weighted by atomic mass is 32.1. The number of ether oxygens (including phenoxy) is 1. The highest BCUT2D eigenvalue weighted by Gasteiger charge is 2.33. The Kier molecular flexibility index (Phi) is 4.97. The van der Waals surface area contributed by atoms with Crippen molar-refractivity contribution in [1.82, 2.24) is 10.6 Å². The summed E-state index contributed by atoms with van der Waals surface area (Å²) in [6, 6.07) is 7.22. The number of rotatable bonds is 3. The summed E-state index contributed by atoms with van der Waals surface area (Å²) in [5.41, 5.74) is 0.279. The summed E-state index contributed by atoms with van der Waals surface area (Å²) in [6.07, 6.45) is -4.45. The molecule has 0 amide bonds. The fraction of sp³-hybridized carbons (Fsp3) is 0.222. The standard InChI is InChI=1S/C18H15F3N2O3S/c1-9-14(16(24)25-2)15(23-17(27)22-9)13-7-6-12(26-13)10-4-3-5-11(8-10)18(19,20)21/h3-8,15H,1-2H3,(H2,22,23,27)/t15-/m0/s1. The number of nitrogens with one attached hydrogen (secondary N) is 2. The van der Waals surface area contributed by atoms with Gasteiger partial charge in [-0.25, -0.2) is 4.79 Å². The third kappa shape index (κ3) is 3.82. The first-order valence-corrected chi connectivity index (χ1v) is 8.25. The molecule has 9 heteroatoms. The number of esters is 1. The van der Waals surface area contributed by atoms with Crippen molar-refractivity contribution in [2.45, 2.75) is 19.1 Å². The lowest BCUT2D eigenvalue weighted by Gasteiger charge is -2.27. The number of methoxy groups -OCH3 is 1. The number of alkyl halides is 3. The smallest absolute Gasteiger partial charge is 0.416 e. The van der Waals surface area contributed by atoms with E-state index in [2.05, 4.69) is 10.6 Å². The summed E-state index contributed by atoms with van der Waals surface area (Å²) in [6.45, 7) is 1.67. The maximum absolute atomic E-state index is 12.9. The fourth-order valence-corrected chi connectivity index (χ4v) is 3.07. The van der Waals surface area contributed by atoms with Crippen LogP contribution < -0.4 is 10.6 Å². The highest BCUT2D eigenvalue weighted by molar-refractivity contribution is 7.80. The Morgan fingerprint density at radius 3 is 2.67 bits per heavy atom. The first-order valence-electron chi connectivity index (χ1n) is 7.84. The lowest BCUT2D eigenvalue weighted by atomic mass is 10.0. The molecule has 1 atom stereocenters. The van der Waals surface area contributed by atoms with Gasteiger partial charge in [0.1, 0.15) is 17.6 Å². The van der Waals surface area contributed by atoms with Crippen molar-refractivity contribution >= 4 is 23.3 Å². The van der Waals surface area contributed by atoms with Crippen molar-refractivity contribution in [2.24, 2.45) is 0 Å². The van der Waals surface area contributed by atoms with Crippen LogP contribution in [0.15, 0.2) is 52.1 Å². The van der Waals surface area contributed by atoms with Gasteiger partial charge in [-0.15, -0.1) is 0 Å². The van der Waals surface area contributed by atoms with Crippen molar-refractivity contribution < 1.29 is 27.1 Å². The number of hydrogen-bond donors (Lipinski definition) is 2. The predicted molar refractivity (Wildman–Crippen MR) is 95.5 cm³/mol.